The first kappa shape index (κ1) is 13.5. The Labute approximate surface area is 112 Å². The van der Waals surface area contributed by atoms with Crippen molar-refractivity contribution in [1.82, 2.24) is 9.97 Å². The number of carboxylic acids is 1. The number of thioether (sulfide) groups is 1. The van der Waals surface area contributed by atoms with Crippen LogP contribution in [0.4, 0.5) is 0 Å². The highest BCUT2D eigenvalue weighted by Gasteiger charge is 2.39. The van der Waals surface area contributed by atoms with Gasteiger partial charge in [-0.15, -0.1) is 0 Å². The molecule has 0 spiro atoms. The first-order chi connectivity index (χ1) is 8.20. The van der Waals surface area contributed by atoms with Crippen LogP contribution in [0, 0.1) is 5.41 Å². The van der Waals surface area contributed by atoms with Crippen LogP contribution in [0.1, 0.15) is 45.5 Å². The van der Waals surface area contributed by atoms with E-state index in [4.69, 9.17) is 5.11 Å². The molecular weight excluding hydrogens is 248 g/mol. The fraction of sp³-hybridized carbons (Fsp3) is 0.692. The van der Waals surface area contributed by atoms with Crippen molar-refractivity contribution in [1.29, 1.82) is 0 Å². The predicted molar refractivity (Wildman–Crippen MR) is 72.1 cm³/mol. The molecule has 1 aromatic rings. The fourth-order valence-corrected chi connectivity index (χ4v) is 3.70. The van der Waals surface area contributed by atoms with Crippen LogP contribution in [-0.2, 0) is 16.6 Å². The summed E-state index contributed by atoms with van der Waals surface area (Å²) in [6.45, 7) is 8.95. The van der Waals surface area contributed by atoms with Crippen LogP contribution in [0.2, 0.25) is 0 Å². The Bertz CT molecular complexity index is 477. The molecule has 18 heavy (non-hydrogen) atoms. The third kappa shape index (κ3) is 2.71. The summed E-state index contributed by atoms with van der Waals surface area (Å²) >= 11 is 1.26. The van der Waals surface area contributed by atoms with Gasteiger partial charge in [0.25, 0.3) is 0 Å². The number of carbonyl (C=O) groups is 1. The topological polar surface area (TPSA) is 66.0 Å². The molecule has 0 radical (unpaired) electrons. The maximum Gasteiger partial charge on any atom is 0.313 e. The minimum Gasteiger partial charge on any atom is -0.481 e. The van der Waals surface area contributed by atoms with Crippen LogP contribution < -0.4 is 0 Å². The number of nitrogens with zero attached hydrogens (tertiary/aromatic N) is 1. The van der Waals surface area contributed by atoms with Gasteiger partial charge in [0.2, 0.25) is 0 Å². The summed E-state index contributed by atoms with van der Waals surface area (Å²) in [5, 5.41) is 9.43. The highest BCUT2D eigenvalue weighted by Crippen LogP contribution is 2.45. The molecule has 2 rings (SSSR count). The zero-order valence-electron chi connectivity index (χ0n) is 11.3. The van der Waals surface area contributed by atoms with Gasteiger partial charge in [-0.1, -0.05) is 39.5 Å². The van der Waals surface area contributed by atoms with Crippen LogP contribution in [-0.4, -0.2) is 26.8 Å². The van der Waals surface area contributed by atoms with E-state index in [1.165, 1.54) is 17.5 Å². The van der Waals surface area contributed by atoms with Gasteiger partial charge in [-0.2, -0.15) is 0 Å². The minimum absolute atomic E-state index is 0.0512. The lowest BCUT2D eigenvalue weighted by Crippen LogP contribution is -2.34. The summed E-state index contributed by atoms with van der Waals surface area (Å²) in [6, 6.07) is 0. The van der Waals surface area contributed by atoms with Crippen molar-refractivity contribution in [3.8, 4) is 0 Å². The third-order valence-corrected chi connectivity index (χ3v) is 4.16. The maximum absolute atomic E-state index is 10.6. The summed E-state index contributed by atoms with van der Waals surface area (Å²) in [7, 11) is 0. The highest BCUT2D eigenvalue weighted by molar-refractivity contribution is 7.99. The molecule has 1 aliphatic carbocycles. The van der Waals surface area contributed by atoms with Crippen LogP contribution in [0.25, 0.3) is 0 Å². The highest BCUT2D eigenvalue weighted by atomic mass is 32.2. The largest absolute Gasteiger partial charge is 0.481 e. The van der Waals surface area contributed by atoms with Crippen LogP contribution in [0.5, 0.6) is 0 Å². The molecule has 0 amide bonds. The van der Waals surface area contributed by atoms with E-state index in [0.29, 0.717) is 0 Å². The Morgan fingerprint density at radius 3 is 2.72 bits per heavy atom. The van der Waals surface area contributed by atoms with Gasteiger partial charge in [0.15, 0.2) is 5.16 Å². The van der Waals surface area contributed by atoms with E-state index in [1.54, 1.807) is 0 Å². The molecule has 2 N–H and O–H groups in total. The van der Waals surface area contributed by atoms with E-state index in [0.717, 1.165) is 23.7 Å². The Morgan fingerprint density at radius 2 is 2.11 bits per heavy atom. The van der Waals surface area contributed by atoms with Crippen LogP contribution in [0.15, 0.2) is 5.16 Å². The van der Waals surface area contributed by atoms with Crippen molar-refractivity contribution in [2.75, 3.05) is 5.75 Å². The van der Waals surface area contributed by atoms with Crippen molar-refractivity contribution in [2.45, 2.75) is 51.1 Å². The molecule has 0 unspecified atom stereocenters. The molecule has 0 saturated heterocycles. The summed E-state index contributed by atoms with van der Waals surface area (Å²) in [5.74, 6) is -0.759. The summed E-state index contributed by atoms with van der Waals surface area (Å²) in [6.07, 6.45) is 2.08. The van der Waals surface area contributed by atoms with E-state index in [9.17, 15) is 4.79 Å². The lowest BCUT2D eigenvalue weighted by molar-refractivity contribution is -0.133. The standard InChI is InChI=1S/C13H20N2O2S/c1-12(2)5-8-10(13(3,4)7-12)15-11(14-8)18-6-9(16)17/h5-7H2,1-4H3,(H,14,15)(H,16,17). The van der Waals surface area contributed by atoms with Gasteiger partial charge in [-0.25, -0.2) is 4.98 Å². The minimum atomic E-state index is -0.811. The monoisotopic (exact) mass is 268 g/mol. The fourth-order valence-electron chi connectivity index (χ4n) is 3.09. The number of aliphatic carboxylic acids is 1. The second kappa shape index (κ2) is 4.30. The van der Waals surface area contributed by atoms with Crippen molar-refractivity contribution in [2.24, 2.45) is 5.41 Å². The first-order valence-electron chi connectivity index (χ1n) is 6.14. The molecule has 1 aliphatic rings. The number of hydrogen-bond donors (Lipinski definition) is 2. The Morgan fingerprint density at radius 1 is 1.44 bits per heavy atom. The normalized spacial score (nSPS) is 20.4. The molecule has 5 heteroatoms. The molecule has 4 nitrogen and oxygen atoms in total. The smallest absolute Gasteiger partial charge is 0.313 e. The number of nitrogens with one attached hydrogen (secondary N) is 1. The second-order valence-corrected chi connectivity index (χ2v) is 7.42. The van der Waals surface area contributed by atoms with E-state index >= 15 is 0 Å². The zero-order valence-corrected chi connectivity index (χ0v) is 12.1. The maximum atomic E-state index is 10.6. The molecule has 0 aliphatic heterocycles. The van der Waals surface area contributed by atoms with Crippen molar-refractivity contribution < 1.29 is 9.90 Å². The molecule has 0 atom stereocenters. The second-order valence-electron chi connectivity index (χ2n) is 6.45. The lowest BCUT2D eigenvalue weighted by Gasteiger charge is -2.39. The molecular formula is C13H20N2O2S. The Hall–Kier alpha value is -0.970. The van der Waals surface area contributed by atoms with Gasteiger partial charge in [0, 0.05) is 11.1 Å². The van der Waals surface area contributed by atoms with Crippen molar-refractivity contribution >= 4 is 17.7 Å². The number of imidazole rings is 1. The number of hydrogen-bond acceptors (Lipinski definition) is 3. The average Bonchev–Trinajstić information content (AvgIpc) is 2.55. The molecule has 100 valence electrons. The van der Waals surface area contributed by atoms with Gasteiger partial charge in [0.05, 0.1) is 11.4 Å². The van der Waals surface area contributed by atoms with Gasteiger partial charge >= 0.3 is 5.97 Å². The molecule has 0 fully saturated rings. The Kier molecular flexibility index (Phi) is 3.21. The molecule has 1 heterocycles. The van der Waals surface area contributed by atoms with E-state index in [2.05, 4.69) is 37.7 Å². The van der Waals surface area contributed by atoms with Crippen LogP contribution >= 0.6 is 11.8 Å². The number of carboxylic acid groups (broad SMARTS) is 1. The van der Waals surface area contributed by atoms with E-state index < -0.39 is 5.97 Å². The van der Waals surface area contributed by atoms with Crippen molar-refractivity contribution in [3.05, 3.63) is 11.4 Å². The number of fused-ring (bicyclic) bond motifs is 1. The number of aromatic amines is 1. The predicted octanol–water partition coefficient (Wildman–Crippen LogP) is 2.84. The third-order valence-electron chi connectivity index (χ3n) is 3.31. The first-order valence-corrected chi connectivity index (χ1v) is 7.12. The molecule has 1 aromatic heterocycles. The summed E-state index contributed by atoms with van der Waals surface area (Å²) in [5.41, 5.74) is 2.59. The lowest BCUT2D eigenvalue weighted by atomic mass is 9.66. The quantitative estimate of drug-likeness (QED) is 0.827. The molecule has 0 bridgehead atoms. The number of rotatable bonds is 3. The molecule has 0 aromatic carbocycles. The number of H-pyrrole nitrogens is 1. The van der Waals surface area contributed by atoms with Crippen molar-refractivity contribution in [3.63, 3.8) is 0 Å². The summed E-state index contributed by atoms with van der Waals surface area (Å²) < 4.78 is 0. The Balaban J connectivity index is 2.27. The van der Waals surface area contributed by atoms with Gasteiger partial charge in [-0.05, 0) is 18.3 Å². The zero-order chi connectivity index (χ0) is 13.6. The van der Waals surface area contributed by atoms with Gasteiger partial charge < -0.3 is 10.1 Å². The SMILES string of the molecule is CC1(C)Cc2[nH]c(SCC(=O)O)nc2C(C)(C)C1. The summed E-state index contributed by atoms with van der Waals surface area (Å²) in [4.78, 5) is 18.5. The van der Waals surface area contributed by atoms with Gasteiger partial charge in [-0.3, -0.25) is 4.79 Å². The van der Waals surface area contributed by atoms with E-state index in [-0.39, 0.29) is 16.6 Å². The molecule has 0 saturated carbocycles. The van der Waals surface area contributed by atoms with E-state index in [1.807, 2.05) is 0 Å². The van der Waals surface area contributed by atoms with Gasteiger partial charge in [0.1, 0.15) is 0 Å². The van der Waals surface area contributed by atoms with Crippen LogP contribution in [0.3, 0.4) is 0 Å². The number of aromatic nitrogens is 2. The average molecular weight is 268 g/mol.